The molecule has 32 heavy (non-hydrogen) atoms. The summed E-state index contributed by atoms with van der Waals surface area (Å²) in [7, 11) is 0. The second-order valence-corrected chi connectivity index (χ2v) is 7.91. The average molecular weight is 439 g/mol. The molecule has 2 aliphatic heterocycles. The van der Waals surface area contributed by atoms with Gasteiger partial charge in [-0.2, -0.15) is 5.10 Å². The fourth-order valence-corrected chi connectivity index (χ4v) is 3.97. The first-order valence-corrected chi connectivity index (χ1v) is 10.9. The van der Waals surface area contributed by atoms with E-state index in [-0.39, 0.29) is 30.1 Å². The summed E-state index contributed by atoms with van der Waals surface area (Å²) in [6, 6.07) is 15.8. The molecule has 2 heterocycles. The number of hydrogen-bond acceptors (Lipinski definition) is 5. The van der Waals surface area contributed by atoms with Gasteiger partial charge in [0.05, 0.1) is 25.8 Å². The van der Waals surface area contributed by atoms with Gasteiger partial charge in [0, 0.05) is 32.5 Å². The first-order chi connectivity index (χ1) is 15.6. The van der Waals surface area contributed by atoms with Crippen molar-refractivity contribution < 1.29 is 18.7 Å². The highest BCUT2D eigenvalue weighted by molar-refractivity contribution is 6.39. The number of nitrogens with zero attached hydrogens (tertiary/aromatic N) is 3. The summed E-state index contributed by atoms with van der Waals surface area (Å²) in [5, 5.41) is 8.68. The van der Waals surface area contributed by atoms with E-state index in [4.69, 9.17) is 4.74 Å². The van der Waals surface area contributed by atoms with Gasteiger partial charge in [0.15, 0.2) is 0 Å². The molecule has 0 spiro atoms. The monoisotopic (exact) mass is 438 g/mol. The normalized spacial score (nSPS) is 18.2. The maximum absolute atomic E-state index is 13.4. The van der Waals surface area contributed by atoms with Gasteiger partial charge in [-0.3, -0.25) is 14.5 Å². The zero-order valence-electron chi connectivity index (χ0n) is 17.9. The molecule has 0 saturated carbocycles. The van der Waals surface area contributed by atoms with Crippen LogP contribution in [0.5, 0.6) is 0 Å². The summed E-state index contributed by atoms with van der Waals surface area (Å²) in [5.74, 6) is -0.669. The molecule has 1 unspecified atom stereocenters. The Morgan fingerprint density at radius 1 is 1.06 bits per heavy atom. The van der Waals surface area contributed by atoms with Crippen molar-refractivity contribution in [1.29, 1.82) is 0 Å². The number of ether oxygens (including phenoxy) is 1. The lowest BCUT2D eigenvalue weighted by Crippen LogP contribution is -2.45. The van der Waals surface area contributed by atoms with Crippen molar-refractivity contribution in [3.05, 3.63) is 71.5 Å². The number of amides is 2. The highest BCUT2D eigenvalue weighted by Gasteiger charge is 2.27. The minimum atomic E-state index is -0.293. The second kappa shape index (κ2) is 10.5. The van der Waals surface area contributed by atoms with Crippen molar-refractivity contribution in [2.24, 2.45) is 5.10 Å². The molecule has 0 bridgehead atoms. The Kier molecular flexibility index (Phi) is 7.24. The summed E-state index contributed by atoms with van der Waals surface area (Å²) in [6.45, 7) is 3.40. The summed E-state index contributed by atoms with van der Waals surface area (Å²) in [6.07, 6.45) is 0.568. The molecule has 1 fully saturated rings. The van der Waals surface area contributed by atoms with Crippen molar-refractivity contribution in [2.45, 2.75) is 25.4 Å². The molecule has 4 rings (SSSR count). The molecule has 2 aliphatic rings. The fourth-order valence-electron chi connectivity index (χ4n) is 3.97. The van der Waals surface area contributed by atoms with Crippen LogP contribution in [-0.2, 0) is 20.9 Å². The van der Waals surface area contributed by atoms with Crippen LogP contribution in [0.3, 0.4) is 0 Å². The van der Waals surface area contributed by atoms with Gasteiger partial charge < -0.3 is 10.1 Å². The number of halogens is 1. The van der Waals surface area contributed by atoms with Gasteiger partial charge in [0.25, 0.3) is 5.91 Å². The minimum absolute atomic E-state index is 0.0945. The third-order valence-electron chi connectivity index (χ3n) is 5.74. The van der Waals surface area contributed by atoms with Crippen molar-refractivity contribution >= 4 is 17.5 Å². The lowest BCUT2D eigenvalue weighted by Gasteiger charge is -2.35. The Balaban J connectivity index is 1.44. The molecule has 0 aliphatic carbocycles. The molecule has 1 atom stereocenters. The lowest BCUT2D eigenvalue weighted by molar-refractivity contribution is -0.132. The molecule has 7 nitrogen and oxygen atoms in total. The standard InChI is InChI=1S/C24H27FN4O3/c25-20-8-6-19(7-9-20)22(28-12-14-32-15-13-28)16-26-24(31)21-10-11-23(30)29(27-21)17-18-4-2-1-3-5-18/h1-9,22H,10-17H2,(H,26,31). The van der Waals surface area contributed by atoms with E-state index in [0.717, 1.165) is 24.2 Å². The van der Waals surface area contributed by atoms with Crippen molar-refractivity contribution in [3.63, 3.8) is 0 Å². The summed E-state index contributed by atoms with van der Waals surface area (Å²) in [4.78, 5) is 27.4. The highest BCUT2D eigenvalue weighted by atomic mass is 19.1. The van der Waals surface area contributed by atoms with Gasteiger partial charge in [-0.25, -0.2) is 9.40 Å². The molecule has 2 aromatic rings. The average Bonchev–Trinajstić information content (AvgIpc) is 2.83. The van der Waals surface area contributed by atoms with Crippen LogP contribution < -0.4 is 5.32 Å². The van der Waals surface area contributed by atoms with Crippen LogP contribution in [0.25, 0.3) is 0 Å². The molecule has 0 aromatic heterocycles. The predicted octanol–water partition coefficient (Wildman–Crippen LogP) is 2.49. The van der Waals surface area contributed by atoms with Crippen LogP contribution >= 0.6 is 0 Å². The Labute approximate surface area is 186 Å². The predicted molar refractivity (Wildman–Crippen MR) is 118 cm³/mol. The Morgan fingerprint density at radius 3 is 2.50 bits per heavy atom. The summed E-state index contributed by atoms with van der Waals surface area (Å²) in [5.41, 5.74) is 2.23. The van der Waals surface area contributed by atoms with Gasteiger partial charge >= 0.3 is 0 Å². The van der Waals surface area contributed by atoms with E-state index in [2.05, 4.69) is 15.3 Å². The SMILES string of the molecule is O=C(NCC(c1ccc(F)cc1)N1CCOCC1)C1=NN(Cc2ccccc2)C(=O)CC1. The zero-order chi connectivity index (χ0) is 22.3. The minimum Gasteiger partial charge on any atom is -0.379 e. The third-order valence-corrected chi connectivity index (χ3v) is 5.74. The maximum Gasteiger partial charge on any atom is 0.267 e. The smallest absolute Gasteiger partial charge is 0.267 e. The summed E-state index contributed by atoms with van der Waals surface area (Å²) >= 11 is 0. The number of hydrazone groups is 1. The Morgan fingerprint density at radius 2 is 1.78 bits per heavy atom. The van der Waals surface area contributed by atoms with E-state index in [1.807, 2.05) is 30.3 Å². The van der Waals surface area contributed by atoms with Crippen LogP contribution in [0.15, 0.2) is 59.7 Å². The molecule has 1 saturated heterocycles. The van der Waals surface area contributed by atoms with E-state index in [1.165, 1.54) is 17.1 Å². The van der Waals surface area contributed by atoms with Crippen LogP contribution in [0, 0.1) is 5.82 Å². The zero-order valence-corrected chi connectivity index (χ0v) is 17.9. The van der Waals surface area contributed by atoms with E-state index >= 15 is 0 Å². The fraction of sp³-hybridized carbons (Fsp3) is 0.375. The number of rotatable bonds is 7. The maximum atomic E-state index is 13.4. The topological polar surface area (TPSA) is 74.2 Å². The van der Waals surface area contributed by atoms with Crippen molar-refractivity contribution in [1.82, 2.24) is 15.2 Å². The van der Waals surface area contributed by atoms with Crippen LogP contribution in [0.2, 0.25) is 0 Å². The van der Waals surface area contributed by atoms with Gasteiger partial charge in [0.1, 0.15) is 11.5 Å². The number of hydrogen-bond donors (Lipinski definition) is 1. The number of nitrogens with one attached hydrogen (secondary N) is 1. The first kappa shape index (κ1) is 22.1. The molecule has 8 heteroatoms. The van der Waals surface area contributed by atoms with Crippen LogP contribution in [0.4, 0.5) is 4.39 Å². The quantitative estimate of drug-likeness (QED) is 0.721. The molecule has 2 aromatic carbocycles. The van der Waals surface area contributed by atoms with E-state index in [9.17, 15) is 14.0 Å². The van der Waals surface area contributed by atoms with Crippen molar-refractivity contribution in [2.75, 3.05) is 32.8 Å². The van der Waals surface area contributed by atoms with Crippen molar-refractivity contribution in [3.8, 4) is 0 Å². The van der Waals surface area contributed by atoms with Gasteiger partial charge in [-0.1, -0.05) is 42.5 Å². The second-order valence-electron chi connectivity index (χ2n) is 7.91. The highest BCUT2D eigenvalue weighted by Crippen LogP contribution is 2.22. The van der Waals surface area contributed by atoms with E-state index < -0.39 is 0 Å². The molecule has 2 amide bonds. The Bertz CT molecular complexity index is 959. The van der Waals surface area contributed by atoms with E-state index in [1.54, 1.807) is 12.1 Å². The number of carbonyl (C=O) groups is 2. The molecular formula is C24H27FN4O3. The van der Waals surface area contributed by atoms with E-state index in [0.29, 0.717) is 38.4 Å². The van der Waals surface area contributed by atoms with Crippen LogP contribution in [-0.4, -0.2) is 60.3 Å². The number of morpholine rings is 1. The largest absolute Gasteiger partial charge is 0.379 e. The van der Waals surface area contributed by atoms with Crippen LogP contribution in [0.1, 0.15) is 30.0 Å². The molecule has 168 valence electrons. The Hall–Kier alpha value is -3.10. The third kappa shape index (κ3) is 5.57. The summed E-state index contributed by atoms with van der Waals surface area (Å²) < 4.78 is 18.9. The molecule has 1 N–H and O–H groups in total. The lowest BCUT2D eigenvalue weighted by atomic mass is 10.0. The molecule has 0 radical (unpaired) electrons. The van der Waals surface area contributed by atoms with Gasteiger partial charge in [-0.15, -0.1) is 0 Å². The van der Waals surface area contributed by atoms with Gasteiger partial charge in [0.2, 0.25) is 5.91 Å². The van der Waals surface area contributed by atoms with Gasteiger partial charge in [-0.05, 0) is 23.3 Å². The first-order valence-electron chi connectivity index (χ1n) is 10.9. The number of carbonyl (C=O) groups excluding carboxylic acids is 2. The molecular weight excluding hydrogens is 411 g/mol. The number of benzene rings is 2.